The van der Waals surface area contributed by atoms with Crippen LogP contribution in [-0.4, -0.2) is 37.1 Å². The summed E-state index contributed by atoms with van der Waals surface area (Å²) in [7, 11) is 1.60. The first-order valence-electron chi connectivity index (χ1n) is 7.28. The van der Waals surface area contributed by atoms with E-state index in [0.717, 1.165) is 11.4 Å². The number of nitrogens with zero attached hydrogens (tertiary/aromatic N) is 2. The number of amides is 1. The maximum Gasteiger partial charge on any atom is 0.245 e. The van der Waals surface area contributed by atoms with E-state index in [1.807, 2.05) is 31.2 Å². The van der Waals surface area contributed by atoms with Crippen molar-refractivity contribution in [2.24, 2.45) is 10.5 Å². The summed E-state index contributed by atoms with van der Waals surface area (Å²) < 4.78 is 5.15. The molecule has 0 aromatic heterocycles. The van der Waals surface area contributed by atoms with Gasteiger partial charge in [0.2, 0.25) is 5.91 Å². The number of rotatable bonds is 3. The van der Waals surface area contributed by atoms with Crippen LogP contribution in [0.15, 0.2) is 29.4 Å². The maximum absolute atomic E-state index is 12.4. The molecule has 1 N–H and O–H groups in total. The molecule has 0 radical (unpaired) electrons. The van der Waals surface area contributed by atoms with E-state index in [0.29, 0.717) is 18.7 Å². The molecular formula is C16H19N3O3. The molecule has 1 aromatic carbocycles. The van der Waals surface area contributed by atoms with Crippen molar-refractivity contribution in [3.05, 3.63) is 24.3 Å². The van der Waals surface area contributed by atoms with Crippen molar-refractivity contribution in [3.63, 3.8) is 0 Å². The van der Waals surface area contributed by atoms with E-state index < -0.39 is 11.5 Å². The predicted molar refractivity (Wildman–Crippen MR) is 83.1 cm³/mol. The number of carbonyl (C=O) groups excluding carboxylic acids is 2. The molecule has 2 aliphatic heterocycles. The van der Waals surface area contributed by atoms with Gasteiger partial charge in [-0.2, -0.15) is 5.10 Å². The average Bonchev–Trinajstić information content (AvgIpc) is 2.82. The van der Waals surface area contributed by atoms with Gasteiger partial charge in [-0.15, -0.1) is 0 Å². The highest BCUT2D eigenvalue weighted by Crippen LogP contribution is 2.42. The second-order valence-electron chi connectivity index (χ2n) is 5.91. The number of hydrogen-bond donors (Lipinski definition) is 1. The fourth-order valence-electron chi connectivity index (χ4n) is 3.29. The third-order valence-electron chi connectivity index (χ3n) is 4.46. The zero-order valence-corrected chi connectivity index (χ0v) is 12.9. The topological polar surface area (TPSA) is 71.0 Å². The van der Waals surface area contributed by atoms with Crippen molar-refractivity contribution in [2.45, 2.75) is 26.3 Å². The van der Waals surface area contributed by atoms with Crippen LogP contribution in [0.1, 0.15) is 20.3 Å². The number of methoxy groups -OCH3 is 1. The molecule has 2 unspecified atom stereocenters. The SMILES string of the molecule is COc1ccc(N2N=C(C(C)=O)C3(C)CCNC(=O)C23)cc1. The summed E-state index contributed by atoms with van der Waals surface area (Å²) in [6.45, 7) is 4.01. The van der Waals surface area contributed by atoms with Gasteiger partial charge >= 0.3 is 0 Å². The van der Waals surface area contributed by atoms with Gasteiger partial charge < -0.3 is 10.1 Å². The lowest BCUT2D eigenvalue weighted by atomic mass is 9.72. The third-order valence-corrected chi connectivity index (χ3v) is 4.46. The number of hydrazone groups is 1. The van der Waals surface area contributed by atoms with E-state index in [1.165, 1.54) is 6.92 Å². The molecule has 22 heavy (non-hydrogen) atoms. The van der Waals surface area contributed by atoms with Crippen LogP contribution in [0.3, 0.4) is 0 Å². The molecule has 0 aliphatic carbocycles. The summed E-state index contributed by atoms with van der Waals surface area (Å²) in [6.07, 6.45) is 0.703. The van der Waals surface area contributed by atoms with Crippen LogP contribution in [0.4, 0.5) is 5.69 Å². The van der Waals surface area contributed by atoms with Crippen molar-refractivity contribution in [1.29, 1.82) is 0 Å². The van der Waals surface area contributed by atoms with Gasteiger partial charge in [0.1, 0.15) is 17.5 Å². The largest absolute Gasteiger partial charge is 0.497 e. The zero-order valence-electron chi connectivity index (χ0n) is 12.9. The summed E-state index contributed by atoms with van der Waals surface area (Å²) >= 11 is 0. The smallest absolute Gasteiger partial charge is 0.245 e. The minimum atomic E-state index is -0.548. The summed E-state index contributed by atoms with van der Waals surface area (Å²) in [4.78, 5) is 24.4. The molecule has 1 aromatic rings. The average molecular weight is 301 g/mol. The standard InChI is InChI=1S/C16H19N3O3/c1-10(20)13-16(2)8-9-17-15(21)14(16)19(18-13)11-4-6-12(22-3)7-5-11/h4-7,14H,8-9H2,1-3H3,(H,17,21). The van der Waals surface area contributed by atoms with Gasteiger partial charge in [-0.25, -0.2) is 0 Å². The third kappa shape index (κ3) is 2.06. The number of ether oxygens (including phenoxy) is 1. The summed E-state index contributed by atoms with van der Waals surface area (Å²) in [5.74, 6) is 0.553. The molecule has 116 valence electrons. The van der Waals surface area contributed by atoms with Crippen molar-refractivity contribution >= 4 is 23.1 Å². The Bertz CT molecular complexity index is 653. The van der Waals surface area contributed by atoms with Crippen LogP contribution in [0, 0.1) is 5.41 Å². The van der Waals surface area contributed by atoms with Gasteiger partial charge in [0, 0.05) is 18.9 Å². The van der Waals surface area contributed by atoms with Gasteiger partial charge in [0.15, 0.2) is 5.78 Å². The van der Waals surface area contributed by atoms with E-state index in [-0.39, 0.29) is 11.7 Å². The number of Topliss-reactive ketones (excluding diaryl/α,β-unsaturated/α-hetero) is 1. The molecule has 6 nitrogen and oxygen atoms in total. The molecule has 1 fully saturated rings. The molecule has 1 saturated heterocycles. The quantitative estimate of drug-likeness (QED) is 0.915. The normalized spacial score (nSPS) is 27.0. The van der Waals surface area contributed by atoms with Crippen LogP contribution in [0.2, 0.25) is 0 Å². The van der Waals surface area contributed by atoms with Gasteiger partial charge in [-0.1, -0.05) is 6.92 Å². The number of carbonyl (C=O) groups is 2. The molecule has 3 rings (SSSR count). The Balaban J connectivity index is 2.05. The molecule has 0 saturated carbocycles. The van der Waals surface area contributed by atoms with E-state index in [9.17, 15) is 9.59 Å². The number of fused-ring (bicyclic) bond motifs is 1. The van der Waals surface area contributed by atoms with Crippen LogP contribution in [0.25, 0.3) is 0 Å². The molecule has 2 aliphatic rings. The number of hydrogen-bond acceptors (Lipinski definition) is 5. The second kappa shape index (κ2) is 5.12. The van der Waals surface area contributed by atoms with Gasteiger partial charge in [0.05, 0.1) is 12.8 Å². The molecule has 6 heteroatoms. The predicted octanol–water partition coefficient (Wildman–Crippen LogP) is 1.35. The summed E-state index contributed by atoms with van der Waals surface area (Å²) in [5.41, 5.74) is 0.696. The Morgan fingerprint density at radius 1 is 1.41 bits per heavy atom. The fourth-order valence-corrected chi connectivity index (χ4v) is 3.29. The first-order valence-corrected chi connectivity index (χ1v) is 7.28. The molecule has 1 amide bonds. The Hall–Kier alpha value is -2.37. The molecular weight excluding hydrogens is 282 g/mol. The van der Waals surface area contributed by atoms with E-state index in [2.05, 4.69) is 10.4 Å². The summed E-state index contributed by atoms with van der Waals surface area (Å²) in [6, 6.07) is 6.82. The Labute approximate surface area is 129 Å². The first-order chi connectivity index (χ1) is 10.5. The number of benzene rings is 1. The lowest BCUT2D eigenvalue weighted by molar-refractivity contribution is -0.125. The van der Waals surface area contributed by atoms with Crippen molar-refractivity contribution < 1.29 is 14.3 Å². The summed E-state index contributed by atoms with van der Waals surface area (Å²) in [5, 5.41) is 9.01. The molecule has 0 bridgehead atoms. The van der Waals surface area contributed by atoms with Crippen molar-refractivity contribution in [3.8, 4) is 5.75 Å². The fraction of sp³-hybridized carbons (Fsp3) is 0.438. The van der Waals surface area contributed by atoms with E-state index in [4.69, 9.17) is 4.74 Å². The first kappa shape index (κ1) is 14.6. The molecule has 2 atom stereocenters. The highest BCUT2D eigenvalue weighted by atomic mass is 16.5. The number of anilines is 1. The van der Waals surface area contributed by atoms with Gasteiger partial charge in [-0.3, -0.25) is 14.6 Å². The zero-order chi connectivity index (χ0) is 15.9. The van der Waals surface area contributed by atoms with Gasteiger partial charge in [-0.05, 0) is 30.7 Å². The Morgan fingerprint density at radius 3 is 2.68 bits per heavy atom. The van der Waals surface area contributed by atoms with Crippen LogP contribution in [0.5, 0.6) is 5.75 Å². The Morgan fingerprint density at radius 2 is 2.09 bits per heavy atom. The minimum absolute atomic E-state index is 0.0850. The number of nitrogens with one attached hydrogen (secondary N) is 1. The lowest BCUT2D eigenvalue weighted by Gasteiger charge is -2.38. The van der Waals surface area contributed by atoms with Crippen LogP contribution < -0.4 is 15.1 Å². The maximum atomic E-state index is 12.4. The molecule has 0 spiro atoms. The molecule has 2 heterocycles. The van der Waals surface area contributed by atoms with Crippen molar-refractivity contribution in [2.75, 3.05) is 18.7 Å². The monoisotopic (exact) mass is 301 g/mol. The van der Waals surface area contributed by atoms with E-state index >= 15 is 0 Å². The van der Waals surface area contributed by atoms with E-state index in [1.54, 1.807) is 12.1 Å². The number of ketones is 1. The Kier molecular flexibility index (Phi) is 3.39. The number of piperidine rings is 1. The lowest BCUT2D eigenvalue weighted by Crippen LogP contribution is -2.58. The van der Waals surface area contributed by atoms with Crippen LogP contribution in [-0.2, 0) is 9.59 Å². The van der Waals surface area contributed by atoms with Crippen LogP contribution >= 0.6 is 0 Å². The van der Waals surface area contributed by atoms with Crippen molar-refractivity contribution in [1.82, 2.24) is 5.32 Å². The van der Waals surface area contributed by atoms with Gasteiger partial charge in [0.25, 0.3) is 0 Å². The highest BCUT2D eigenvalue weighted by Gasteiger charge is 2.54. The minimum Gasteiger partial charge on any atom is -0.497 e. The highest BCUT2D eigenvalue weighted by molar-refractivity contribution is 6.42. The second-order valence-corrected chi connectivity index (χ2v) is 5.91.